The summed E-state index contributed by atoms with van der Waals surface area (Å²) in [6.45, 7) is 2.56. The summed E-state index contributed by atoms with van der Waals surface area (Å²) in [5, 5.41) is 12.4. The fourth-order valence-corrected chi connectivity index (χ4v) is 2.80. The number of nitrogens with one attached hydrogen (secondary N) is 1. The molecule has 0 amide bonds. The first-order valence-corrected chi connectivity index (χ1v) is 8.58. The van der Waals surface area contributed by atoms with Gasteiger partial charge in [-0.05, 0) is 42.6 Å². The molecule has 3 rings (SSSR count). The first kappa shape index (κ1) is 19.7. The largest absolute Gasteiger partial charge is 0.329 e. The molecule has 26 heavy (non-hydrogen) atoms. The second kappa shape index (κ2) is 10.4. The van der Waals surface area contributed by atoms with Crippen LogP contribution in [-0.4, -0.2) is 16.1 Å². The Balaban J connectivity index is 0.00000243. The van der Waals surface area contributed by atoms with Gasteiger partial charge in [0.15, 0.2) is 0 Å². The quantitative estimate of drug-likeness (QED) is 0.614. The minimum absolute atomic E-state index is 0. The van der Waals surface area contributed by atoms with Gasteiger partial charge in [-0.2, -0.15) is 5.26 Å². The lowest BCUT2D eigenvalue weighted by molar-refractivity contribution is 0.615. The Morgan fingerprint density at radius 2 is 1.77 bits per heavy atom. The normalized spacial score (nSPS) is 10.1. The Kier molecular flexibility index (Phi) is 7.88. The van der Waals surface area contributed by atoms with Crippen molar-refractivity contribution in [3.05, 3.63) is 89.5 Å². The summed E-state index contributed by atoms with van der Waals surface area (Å²) in [6, 6.07) is 20.4. The topological polar surface area (TPSA) is 53.6 Å². The molecule has 0 fully saturated rings. The molecule has 5 heteroatoms. The molecule has 1 heterocycles. The summed E-state index contributed by atoms with van der Waals surface area (Å²) in [6.07, 6.45) is 5.99. The van der Waals surface area contributed by atoms with Crippen molar-refractivity contribution in [1.29, 1.82) is 5.26 Å². The summed E-state index contributed by atoms with van der Waals surface area (Å²) in [4.78, 5) is 4.27. The smallest absolute Gasteiger partial charge is 0.0991 e. The van der Waals surface area contributed by atoms with Crippen LogP contribution in [0.1, 0.15) is 28.8 Å². The molecule has 0 radical (unpaired) electrons. The summed E-state index contributed by atoms with van der Waals surface area (Å²) >= 11 is 0. The number of rotatable bonds is 8. The molecule has 3 aromatic rings. The van der Waals surface area contributed by atoms with Crippen LogP contribution in [0.25, 0.3) is 0 Å². The highest BCUT2D eigenvalue weighted by Crippen LogP contribution is 2.08. The predicted molar refractivity (Wildman–Crippen MR) is 106 cm³/mol. The van der Waals surface area contributed by atoms with E-state index in [0.29, 0.717) is 5.56 Å². The van der Waals surface area contributed by atoms with E-state index in [-0.39, 0.29) is 12.4 Å². The lowest BCUT2D eigenvalue weighted by atomic mass is 10.1. The van der Waals surface area contributed by atoms with E-state index < -0.39 is 0 Å². The average molecular weight is 367 g/mol. The second-order valence-corrected chi connectivity index (χ2v) is 6.09. The zero-order valence-electron chi connectivity index (χ0n) is 14.6. The summed E-state index contributed by atoms with van der Waals surface area (Å²) < 4.78 is 2.14. The van der Waals surface area contributed by atoms with E-state index in [2.05, 4.69) is 51.3 Å². The summed E-state index contributed by atoms with van der Waals surface area (Å²) in [5.74, 6) is 0. The van der Waals surface area contributed by atoms with Crippen molar-refractivity contribution in [2.75, 3.05) is 6.54 Å². The minimum Gasteiger partial charge on any atom is -0.329 e. The highest BCUT2D eigenvalue weighted by atomic mass is 35.5. The maximum absolute atomic E-state index is 8.87. The number of nitriles is 1. The molecule has 0 aliphatic carbocycles. The van der Waals surface area contributed by atoms with Crippen molar-refractivity contribution in [1.82, 2.24) is 14.9 Å². The van der Waals surface area contributed by atoms with E-state index >= 15 is 0 Å². The maximum Gasteiger partial charge on any atom is 0.0991 e. The molecule has 0 bridgehead atoms. The van der Waals surface area contributed by atoms with E-state index in [1.54, 1.807) is 0 Å². The van der Waals surface area contributed by atoms with E-state index in [1.807, 2.05) is 36.8 Å². The zero-order valence-corrected chi connectivity index (χ0v) is 15.5. The molecule has 0 atom stereocenters. The van der Waals surface area contributed by atoms with Gasteiger partial charge >= 0.3 is 0 Å². The van der Waals surface area contributed by atoms with E-state index in [9.17, 15) is 0 Å². The van der Waals surface area contributed by atoms with Gasteiger partial charge in [0.2, 0.25) is 0 Å². The SMILES string of the molecule is Cl.N#Cc1ccc(Cn2cncc2CNCCCc2ccccc2)cc1. The van der Waals surface area contributed by atoms with Gasteiger partial charge in [0, 0.05) is 19.3 Å². The zero-order chi connectivity index (χ0) is 17.3. The molecule has 0 unspecified atom stereocenters. The molecule has 2 aromatic carbocycles. The molecule has 0 aliphatic rings. The number of hydrogen-bond acceptors (Lipinski definition) is 3. The van der Waals surface area contributed by atoms with Crippen LogP contribution in [0.4, 0.5) is 0 Å². The van der Waals surface area contributed by atoms with Gasteiger partial charge in [0.05, 0.1) is 23.7 Å². The number of aromatic nitrogens is 2. The van der Waals surface area contributed by atoms with Gasteiger partial charge in [0.1, 0.15) is 0 Å². The van der Waals surface area contributed by atoms with Crippen LogP contribution < -0.4 is 5.32 Å². The molecular formula is C21H23ClN4. The Morgan fingerprint density at radius 1 is 1.00 bits per heavy atom. The number of aryl methyl sites for hydroxylation is 1. The lowest BCUT2D eigenvalue weighted by Gasteiger charge is -2.10. The van der Waals surface area contributed by atoms with E-state index in [1.165, 1.54) is 16.8 Å². The van der Waals surface area contributed by atoms with Crippen LogP contribution in [0.5, 0.6) is 0 Å². The van der Waals surface area contributed by atoms with E-state index in [0.717, 1.165) is 32.5 Å². The van der Waals surface area contributed by atoms with Crippen LogP contribution in [0.2, 0.25) is 0 Å². The fourth-order valence-electron chi connectivity index (χ4n) is 2.80. The molecule has 4 nitrogen and oxygen atoms in total. The third-order valence-corrected chi connectivity index (χ3v) is 4.20. The third kappa shape index (κ3) is 5.73. The van der Waals surface area contributed by atoms with Gasteiger partial charge in [-0.15, -0.1) is 12.4 Å². The Labute approximate surface area is 160 Å². The highest BCUT2D eigenvalue weighted by molar-refractivity contribution is 5.85. The van der Waals surface area contributed by atoms with Gasteiger partial charge < -0.3 is 9.88 Å². The number of imidazole rings is 1. The van der Waals surface area contributed by atoms with Crippen LogP contribution in [0, 0.1) is 11.3 Å². The van der Waals surface area contributed by atoms with Crippen molar-refractivity contribution >= 4 is 12.4 Å². The molecule has 0 saturated carbocycles. The third-order valence-electron chi connectivity index (χ3n) is 4.20. The van der Waals surface area contributed by atoms with Crippen molar-refractivity contribution in [3.63, 3.8) is 0 Å². The van der Waals surface area contributed by atoms with Crippen LogP contribution in [0.3, 0.4) is 0 Å². The molecule has 1 aromatic heterocycles. The number of halogens is 1. The maximum atomic E-state index is 8.87. The van der Waals surface area contributed by atoms with Crippen molar-refractivity contribution < 1.29 is 0 Å². The van der Waals surface area contributed by atoms with Crippen LogP contribution in [-0.2, 0) is 19.5 Å². The average Bonchev–Trinajstić information content (AvgIpc) is 3.10. The van der Waals surface area contributed by atoms with Crippen LogP contribution in [0.15, 0.2) is 67.1 Å². The monoisotopic (exact) mass is 366 g/mol. The van der Waals surface area contributed by atoms with Crippen LogP contribution >= 0.6 is 12.4 Å². The summed E-state index contributed by atoms with van der Waals surface area (Å²) in [5.41, 5.74) is 4.41. The Morgan fingerprint density at radius 3 is 2.50 bits per heavy atom. The van der Waals surface area contributed by atoms with Crippen molar-refractivity contribution in [3.8, 4) is 6.07 Å². The van der Waals surface area contributed by atoms with Gasteiger partial charge in [-0.1, -0.05) is 42.5 Å². The molecule has 0 aliphatic heterocycles. The predicted octanol–water partition coefficient (Wildman–Crippen LogP) is 3.95. The van der Waals surface area contributed by atoms with Crippen molar-refractivity contribution in [2.24, 2.45) is 0 Å². The fraction of sp³-hybridized carbons (Fsp3) is 0.238. The molecule has 0 spiro atoms. The second-order valence-electron chi connectivity index (χ2n) is 6.09. The number of hydrogen-bond donors (Lipinski definition) is 1. The Bertz CT molecular complexity index is 819. The first-order valence-electron chi connectivity index (χ1n) is 8.58. The standard InChI is InChI=1S/C21H22N4.ClH/c22-13-19-8-10-20(11-9-19)16-25-17-24-15-21(25)14-23-12-4-7-18-5-2-1-3-6-18;/h1-3,5-6,8-11,15,17,23H,4,7,12,14,16H2;1H. The Hall–Kier alpha value is -2.61. The number of benzene rings is 2. The molecular weight excluding hydrogens is 344 g/mol. The highest BCUT2D eigenvalue weighted by Gasteiger charge is 2.03. The molecule has 0 saturated heterocycles. The van der Waals surface area contributed by atoms with Gasteiger partial charge in [0.25, 0.3) is 0 Å². The van der Waals surface area contributed by atoms with Crippen molar-refractivity contribution in [2.45, 2.75) is 25.9 Å². The molecule has 134 valence electrons. The molecule has 1 N–H and O–H groups in total. The lowest BCUT2D eigenvalue weighted by Crippen LogP contribution is -2.18. The van der Waals surface area contributed by atoms with Gasteiger partial charge in [-0.3, -0.25) is 0 Å². The van der Waals surface area contributed by atoms with E-state index in [4.69, 9.17) is 5.26 Å². The first-order chi connectivity index (χ1) is 12.3. The minimum atomic E-state index is 0. The number of nitrogens with zero attached hydrogens (tertiary/aromatic N) is 3. The van der Waals surface area contributed by atoms with Gasteiger partial charge in [-0.25, -0.2) is 4.98 Å². The summed E-state index contributed by atoms with van der Waals surface area (Å²) in [7, 11) is 0.